The third-order valence-corrected chi connectivity index (χ3v) is 6.45. The third kappa shape index (κ3) is 3.97. The van der Waals surface area contributed by atoms with E-state index in [1.807, 2.05) is 13.0 Å². The summed E-state index contributed by atoms with van der Waals surface area (Å²) in [4.78, 5) is 42.5. The van der Waals surface area contributed by atoms with Gasteiger partial charge in [-0.1, -0.05) is 0 Å². The van der Waals surface area contributed by atoms with E-state index in [-0.39, 0.29) is 24.0 Å². The highest BCUT2D eigenvalue weighted by atomic mass is 16.2. The van der Waals surface area contributed by atoms with Crippen LogP contribution in [0.3, 0.4) is 0 Å². The number of benzene rings is 1. The van der Waals surface area contributed by atoms with Crippen molar-refractivity contribution in [2.75, 3.05) is 4.90 Å². The number of nitrogens with two attached hydrogens (primary N) is 2. The summed E-state index contributed by atoms with van der Waals surface area (Å²) in [6.45, 7) is 3.60. The van der Waals surface area contributed by atoms with Crippen LogP contribution in [-0.2, 0) is 0 Å². The summed E-state index contributed by atoms with van der Waals surface area (Å²) >= 11 is 0. The molecule has 1 unspecified atom stereocenters. The Morgan fingerprint density at radius 3 is 2.13 bits per heavy atom. The molecule has 0 radical (unpaired) electrons. The Hall–Kier alpha value is -3.42. The van der Waals surface area contributed by atoms with E-state index in [9.17, 15) is 14.4 Å². The molecule has 8 heteroatoms. The average Bonchev–Trinajstić information content (AvgIpc) is 2.99. The number of hydrogen-bond donors (Lipinski definition) is 3. The molecule has 3 heterocycles. The van der Waals surface area contributed by atoms with Crippen molar-refractivity contribution >= 4 is 23.5 Å². The second kappa shape index (κ2) is 8.02. The van der Waals surface area contributed by atoms with Crippen LogP contribution in [0.2, 0.25) is 0 Å². The summed E-state index contributed by atoms with van der Waals surface area (Å²) in [5.74, 6) is -0.263. The van der Waals surface area contributed by atoms with Gasteiger partial charge in [0.05, 0.1) is 5.56 Å². The highest BCUT2D eigenvalue weighted by Crippen LogP contribution is 2.38. The number of primary amides is 2. The van der Waals surface area contributed by atoms with Crippen molar-refractivity contribution in [1.82, 2.24) is 10.3 Å². The first-order chi connectivity index (χ1) is 14.7. The molecular weight excluding hydrogens is 394 g/mol. The van der Waals surface area contributed by atoms with Crippen molar-refractivity contribution in [3.8, 4) is 0 Å². The number of aryl methyl sites for hydroxylation is 2. The van der Waals surface area contributed by atoms with Crippen LogP contribution in [0, 0.1) is 13.8 Å². The molecule has 1 aromatic heterocycles. The number of rotatable bonds is 5. The van der Waals surface area contributed by atoms with Crippen molar-refractivity contribution in [3.05, 3.63) is 58.3 Å². The Morgan fingerprint density at radius 1 is 0.968 bits per heavy atom. The molecule has 2 aliphatic rings. The van der Waals surface area contributed by atoms with Gasteiger partial charge in [0.2, 0.25) is 11.8 Å². The monoisotopic (exact) mass is 421 g/mol. The van der Waals surface area contributed by atoms with E-state index >= 15 is 0 Å². The van der Waals surface area contributed by atoms with Gasteiger partial charge in [-0.3, -0.25) is 14.4 Å². The Morgan fingerprint density at radius 2 is 1.58 bits per heavy atom. The van der Waals surface area contributed by atoms with Gasteiger partial charge in [0.25, 0.3) is 5.91 Å². The van der Waals surface area contributed by atoms with E-state index in [0.29, 0.717) is 22.3 Å². The minimum Gasteiger partial charge on any atom is -0.366 e. The topological polar surface area (TPSA) is 131 Å². The zero-order valence-corrected chi connectivity index (χ0v) is 17.7. The first-order valence-corrected chi connectivity index (χ1v) is 10.5. The molecule has 4 rings (SSSR count). The molecule has 0 spiro atoms. The maximum absolute atomic E-state index is 13.0. The second-order valence-corrected chi connectivity index (χ2v) is 8.55. The summed E-state index contributed by atoms with van der Waals surface area (Å²) in [6, 6.07) is 7.61. The van der Waals surface area contributed by atoms with E-state index in [2.05, 4.69) is 15.2 Å². The standard InChI is InChI=1S/C23H27N5O3/c1-12-8-19(13(2)7-18(12)22(25)30)23(31)27-15-9-16-4-5-17(10-15)28(16)20-6-3-14(11-26-20)21(24)29/h3,6-8,11,15-17H,4-5,9-10H2,1-2H3,(H2,24,29)(H2,25,30)(H,27,31)/t15?,16-,17+. The minimum absolute atomic E-state index is 0.0710. The lowest BCUT2D eigenvalue weighted by Crippen LogP contribution is -2.50. The molecule has 3 atom stereocenters. The number of carbonyl (C=O) groups is 3. The van der Waals surface area contributed by atoms with Crippen molar-refractivity contribution in [3.63, 3.8) is 0 Å². The van der Waals surface area contributed by atoms with Gasteiger partial charge in [0.1, 0.15) is 5.82 Å². The van der Waals surface area contributed by atoms with Crippen molar-refractivity contribution < 1.29 is 14.4 Å². The molecule has 8 nitrogen and oxygen atoms in total. The van der Waals surface area contributed by atoms with E-state index < -0.39 is 11.8 Å². The lowest BCUT2D eigenvalue weighted by atomic mass is 9.95. The number of aromatic nitrogens is 1. The Labute approximate surface area is 181 Å². The van der Waals surface area contributed by atoms with Crippen molar-refractivity contribution in [2.24, 2.45) is 11.5 Å². The van der Waals surface area contributed by atoms with Crippen LogP contribution in [0.15, 0.2) is 30.5 Å². The number of piperidine rings is 1. The lowest BCUT2D eigenvalue weighted by molar-refractivity contribution is 0.0923. The Kier molecular flexibility index (Phi) is 5.39. The number of pyridine rings is 1. The number of amides is 3. The minimum atomic E-state index is -0.492. The molecule has 162 valence electrons. The van der Waals surface area contributed by atoms with Gasteiger partial charge in [-0.05, 0) is 74.9 Å². The molecule has 2 fully saturated rings. The first kappa shape index (κ1) is 20.8. The summed E-state index contributed by atoms with van der Waals surface area (Å²) < 4.78 is 0. The number of nitrogens with zero attached hydrogens (tertiary/aromatic N) is 2. The number of anilines is 1. The van der Waals surface area contributed by atoms with Crippen LogP contribution < -0.4 is 21.7 Å². The van der Waals surface area contributed by atoms with E-state index in [1.165, 1.54) is 6.20 Å². The molecule has 0 saturated carbocycles. The molecular formula is C23H27N5O3. The molecule has 2 aromatic rings. The van der Waals surface area contributed by atoms with E-state index in [0.717, 1.165) is 37.1 Å². The Balaban J connectivity index is 1.46. The number of nitrogens with one attached hydrogen (secondary N) is 1. The van der Waals surface area contributed by atoms with E-state index in [1.54, 1.807) is 25.1 Å². The predicted molar refractivity (Wildman–Crippen MR) is 117 cm³/mol. The highest BCUT2D eigenvalue weighted by Gasteiger charge is 2.41. The van der Waals surface area contributed by atoms with Gasteiger partial charge in [-0.15, -0.1) is 0 Å². The second-order valence-electron chi connectivity index (χ2n) is 8.55. The van der Waals surface area contributed by atoms with Crippen LogP contribution in [-0.4, -0.2) is 40.8 Å². The molecule has 3 amide bonds. The molecule has 5 N–H and O–H groups in total. The molecule has 2 bridgehead atoms. The number of hydrogen-bond acceptors (Lipinski definition) is 5. The fourth-order valence-electron chi connectivity index (χ4n) is 4.94. The fourth-order valence-corrected chi connectivity index (χ4v) is 4.94. The summed E-state index contributed by atoms with van der Waals surface area (Å²) in [7, 11) is 0. The third-order valence-electron chi connectivity index (χ3n) is 6.45. The molecule has 1 aromatic carbocycles. The van der Waals surface area contributed by atoms with Gasteiger partial charge >= 0.3 is 0 Å². The zero-order chi connectivity index (χ0) is 22.3. The van der Waals surface area contributed by atoms with Gasteiger partial charge in [-0.25, -0.2) is 4.98 Å². The summed E-state index contributed by atoms with van der Waals surface area (Å²) in [6.07, 6.45) is 5.27. The van der Waals surface area contributed by atoms with Gasteiger partial charge < -0.3 is 21.7 Å². The zero-order valence-electron chi connectivity index (χ0n) is 17.7. The molecule has 2 aliphatic heterocycles. The number of carbonyl (C=O) groups excluding carboxylic acids is 3. The van der Waals surface area contributed by atoms with Gasteiger partial charge in [0.15, 0.2) is 0 Å². The van der Waals surface area contributed by atoms with Crippen LogP contribution in [0.4, 0.5) is 5.82 Å². The van der Waals surface area contributed by atoms with Gasteiger partial charge in [0, 0.05) is 35.4 Å². The SMILES string of the molecule is Cc1cc(C(=O)NC2C[C@H]3CC[C@@H](C2)N3c2ccc(C(N)=O)cn2)c(C)cc1C(N)=O. The van der Waals surface area contributed by atoms with Crippen LogP contribution in [0.5, 0.6) is 0 Å². The summed E-state index contributed by atoms with van der Waals surface area (Å²) in [5, 5.41) is 3.19. The van der Waals surface area contributed by atoms with Crippen LogP contribution >= 0.6 is 0 Å². The molecule has 0 aliphatic carbocycles. The predicted octanol–water partition coefficient (Wildman–Crippen LogP) is 1.83. The van der Waals surface area contributed by atoms with Crippen LogP contribution in [0.25, 0.3) is 0 Å². The largest absolute Gasteiger partial charge is 0.366 e. The molecule has 2 saturated heterocycles. The number of fused-ring (bicyclic) bond motifs is 2. The summed E-state index contributed by atoms with van der Waals surface area (Å²) in [5.41, 5.74) is 13.6. The smallest absolute Gasteiger partial charge is 0.251 e. The highest BCUT2D eigenvalue weighted by molar-refractivity contribution is 5.99. The maximum Gasteiger partial charge on any atom is 0.251 e. The van der Waals surface area contributed by atoms with Crippen molar-refractivity contribution in [2.45, 2.75) is 57.7 Å². The van der Waals surface area contributed by atoms with Crippen molar-refractivity contribution in [1.29, 1.82) is 0 Å². The molecule has 31 heavy (non-hydrogen) atoms. The van der Waals surface area contributed by atoms with E-state index in [4.69, 9.17) is 11.5 Å². The Bertz CT molecular complexity index is 1040. The van der Waals surface area contributed by atoms with Crippen LogP contribution in [0.1, 0.15) is 67.9 Å². The first-order valence-electron chi connectivity index (χ1n) is 10.5. The average molecular weight is 422 g/mol. The quantitative estimate of drug-likeness (QED) is 0.678. The fraction of sp³-hybridized carbons (Fsp3) is 0.391. The van der Waals surface area contributed by atoms with Gasteiger partial charge in [-0.2, -0.15) is 0 Å². The lowest BCUT2D eigenvalue weighted by Gasteiger charge is -2.40. The maximum atomic E-state index is 13.0. The normalized spacial score (nSPS) is 22.3.